The van der Waals surface area contributed by atoms with Crippen LogP contribution in [0.15, 0.2) is 5.51 Å². The van der Waals surface area contributed by atoms with E-state index in [9.17, 15) is 0 Å². The van der Waals surface area contributed by atoms with E-state index in [0.717, 1.165) is 31.6 Å². The Morgan fingerprint density at radius 3 is 3.00 bits per heavy atom. The number of thiazole rings is 1. The summed E-state index contributed by atoms with van der Waals surface area (Å²) in [7, 11) is 0. The van der Waals surface area contributed by atoms with Gasteiger partial charge in [-0.05, 0) is 26.3 Å². The third-order valence-corrected chi connectivity index (χ3v) is 2.88. The van der Waals surface area contributed by atoms with Gasteiger partial charge in [-0.1, -0.05) is 0 Å². The molecule has 0 aromatic carbocycles. The number of rotatable bonds is 6. The highest BCUT2D eigenvalue weighted by Gasteiger charge is 1.99. The van der Waals surface area contributed by atoms with Gasteiger partial charge >= 0.3 is 0 Å². The second-order valence-electron chi connectivity index (χ2n) is 2.94. The molecule has 0 aliphatic heterocycles. The fourth-order valence-corrected chi connectivity index (χ4v) is 1.88. The molecule has 0 amide bonds. The molecule has 0 fully saturated rings. The maximum absolute atomic E-state index is 8.55. The zero-order valence-electron chi connectivity index (χ0n) is 7.92. The standard InChI is InChI=1S/C9H16N2OS/c1-8-9(13-7-11-8)3-5-10-4-2-6-12/h7,10,12H,2-6H2,1H3. The Bertz CT molecular complexity index is 237. The van der Waals surface area contributed by atoms with E-state index in [1.165, 1.54) is 4.88 Å². The predicted octanol–water partition coefficient (Wildman–Crippen LogP) is 0.966. The van der Waals surface area contributed by atoms with Crippen LogP contribution in [0.2, 0.25) is 0 Å². The fraction of sp³-hybridized carbons (Fsp3) is 0.667. The number of aromatic nitrogens is 1. The van der Waals surface area contributed by atoms with Gasteiger partial charge in [0.2, 0.25) is 0 Å². The van der Waals surface area contributed by atoms with Crippen LogP contribution in [0.3, 0.4) is 0 Å². The van der Waals surface area contributed by atoms with Crippen molar-refractivity contribution in [3.63, 3.8) is 0 Å². The molecule has 1 rings (SSSR count). The quantitative estimate of drug-likeness (QED) is 0.672. The summed E-state index contributed by atoms with van der Waals surface area (Å²) in [5, 5.41) is 11.8. The summed E-state index contributed by atoms with van der Waals surface area (Å²) in [4.78, 5) is 5.54. The van der Waals surface area contributed by atoms with Gasteiger partial charge in [0.1, 0.15) is 0 Å². The van der Waals surface area contributed by atoms with Crippen molar-refractivity contribution in [2.75, 3.05) is 19.7 Å². The van der Waals surface area contributed by atoms with Gasteiger partial charge in [0.25, 0.3) is 0 Å². The second-order valence-corrected chi connectivity index (χ2v) is 3.88. The molecule has 1 aromatic rings. The van der Waals surface area contributed by atoms with Gasteiger partial charge in [-0.25, -0.2) is 4.98 Å². The average molecular weight is 200 g/mol. The smallest absolute Gasteiger partial charge is 0.0797 e. The monoisotopic (exact) mass is 200 g/mol. The van der Waals surface area contributed by atoms with Gasteiger partial charge in [-0.2, -0.15) is 0 Å². The minimum Gasteiger partial charge on any atom is -0.396 e. The highest BCUT2D eigenvalue weighted by atomic mass is 32.1. The van der Waals surface area contributed by atoms with E-state index >= 15 is 0 Å². The molecule has 2 N–H and O–H groups in total. The number of nitrogens with zero attached hydrogens (tertiary/aromatic N) is 1. The van der Waals surface area contributed by atoms with Crippen molar-refractivity contribution in [1.82, 2.24) is 10.3 Å². The van der Waals surface area contributed by atoms with Crippen LogP contribution >= 0.6 is 11.3 Å². The number of aliphatic hydroxyl groups is 1. The van der Waals surface area contributed by atoms with Gasteiger partial charge in [-0.3, -0.25) is 0 Å². The normalized spacial score (nSPS) is 10.6. The molecular weight excluding hydrogens is 184 g/mol. The summed E-state index contributed by atoms with van der Waals surface area (Å²) in [5.74, 6) is 0. The number of hydrogen-bond donors (Lipinski definition) is 2. The minimum atomic E-state index is 0.270. The predicted molar refractivity (Wildman–Crippen MR) is 55.1 cm³/mol. The lowest BCUT2D eigenvalue weighted by atomic mass is 10.3. The van der Waals surface area contributed by atoms with Crippen molar-refractivity contribution in [2.24, 2.45) is 0 Å². The van der Waals surface area contributed by atoms with Crippen LogP contribution in [0, 0.1) is 6.92 Å². The summed E-state index contributed by atoms with van der Waals surface area (Å²) < 4.78 is 0. The van der Waals surface area contributed by atoms with E-state index < -0.39 is 0 Å². The van der Waals surface area contributed by atoms with Crippen molar-refractivity contribution in [3.8, 4) is 0 Å². The fourth-order valence-electron chi connectivity index (χ4n) is 1.10. The molecular formula is C9H16N2OS. The summed E-state index contributed by atoms with van der Waals surface area (Å²) in [5.41, 5.74) is 3.03. The molecule has 0 saturated heterocycles. The van der Waals surface area contributed by atoms with Crippen LogP contribution in [0.1, 0.15) is 17.0 Å². The molecule has 0 bridgehead atoms. The molecule has 4 heteroatoms. The number of aryl methyl sites for hydroxylation is 1. The van der Waals surface area contributed by atoms with E-state index in [0.29, 0.717) is 0 Å². The van der Waals surface area contributed by atoms with Gasteiger partial charge in [0, 0.05) is 18.0 Å². The highest BCUT2D eigenvalue weighted by molar-refractivity contribution is 7.09. The SMILES string of the molecule is Cc1ncsc1CCNCCCO. The zero-order chi connectivity index (χ0) is 9.52. The van der Waals surface area contributed by atoms with Gasteiger partial charge in [0.15, 0.2) is 0 Å². The van der Waals surface area contributed by atoms with E-state index in [2.05, 4.69) is 10.3 Å². The third-order valence-electron chi connectivity index (χ3n) is 1.89. The first-order valence-electron chi connectivity index (χ1n) is 4.55. The topological polar surface area (TPSA) is 45.2 Å². The van der Waals surface area contributed by atoms with Crippen LogP contribution in [0.4, 0.5) is 0 Å². The molecule has 0 unspecified atom stereocenters. The van der Waals surface area contributed by atoms with E-state index in [4.69, 9.17) is 5.11 Å². The molecule has 1 heterocycles. The van der Waals surface area contributed by atoms with E-state index in [1.807, 2.05) is 12.4 Å². The number of hydrogen-bond acceptors (Lipinski definition) is 4. The Labute approximate surface area is 82.8 Å². The van der Waals surface area contributed by atoms with Crippen molar-refractivity contribution >= 4 is 11.3 Å². The molecule has 0 saturated carbocycles. The molecule has 74 valence electrons. The first kappa shape index (κ1) is 10.6. The highest BCUT2D eigenvalue weighted by Crippen LogP contribution is 2.11. The average Bonchev–Trinajstić information content (AvgIpc) is 2.52. The molecule has 0 atom stereocenters. The lowest BCUT2D eigenvalue weighted by Crippen LogP contribution is -2.19. The van der Waals surface area contributed by atoms with Gasteiger partial charge in [-0.15, -0.1) is 11.3 Å². The van der Waals surface area contributed by atoms with E-state index in [1.54, 1.807) is 11.3 Å². The Morgan fingerprint density at radius 2 is 2.38 bits per heavy atom. The van der Waals surface area contributed by atoms with Crippen molar-refractivity contribution in [3.05, 3.63) is 16.1 Å². The first-order chi connectivity index (χ1) is 6.34. The third kappa shape index (κ3) is 3.85. The minimum absolute atomic E-state index is 0.270. The molecule has 0 spiro atoms. The molecule has 13 heavy (non-hydrogen) atoms. The molecule has 1 aromatic heterocycles. The Balaban J connectivity index is 2.10. The molecule has 0 aliphatic carbocycles. The summed E-state index contributed by atoms with van der Waals surface area (Å²) >= 11 is 1.71. The van der Waals surface area contributed by atoms with Crippen LogP contribution in [0.5, 0.6) is 0 Å². The molecule has 0 aliphatic rings. The maximum Gasteiger partial charge on any atom is 0.0797 e. The Morgan fingerprint density at radius 1 is 1.54 bits per heavy atom. The van der Waals surface area contributed by atoms with Crippen LogP contribution in [-0.2, 0) is 6.42 Å². The van der Waals surface area contributed by atoms with Gasteiger partial charge < -0.3 is 10.4 Å². The first-order valence-corrected chi connectivity index (χ1v) is 5.43. The van der Waals surface area contributed by atoms with Crippen molar-refractivity contribution in [2.45, 2.75) is 19.8 Å². The molecule has 3 nitrogen and oxygen atoms in total. The molecule has 0 radical (unpaired) electrons. The van der Waals surface area contributed by atoms with Crippen LogP contribution < -0.4 is 5.32 Å². The summed E-state index contributed by atoms with van der Waals surface area (Å²) in [6.07, 6.45) is 1.88. The second kappa shape index (κ2) is 6.07. The Hall–Kier alpha value is -0.450. The Kier molecular flexibility index (Phi) is 4.97. The number of aliphatic hydroxyl groups excluding tert-OH is 1. The van der Waals surface area contributed by atoms with Crippen LogP contribution in [0.25, 0.3) is 0 Å². The van der Waals surface area contributed by atoms with Crippen LogP contribution in [-0.4, -0.2) is 29.8 Å². The van der Waals surface area contributed by atoms with Crippen molar-refractivity contribution < 1.29 is 5.11 Å². The van der Waals surface area contributed by atoms with Gasteiger partial charge in [0.05, 0.1) is 11.2 Å². The largest absolute Gasteiger partial charge is 0.396 e. The number of nitrogens with one attached hydrogen (secondary N) is 1. The maximum atomic E-state index is 8.55. The summed E-state index contributed by atoms with van der Waals surface area (Å²) in [6, 6.07) is 0. The summed E-state index contributed by atoms with van der Waals surface area (Å²) in [6.45, 7) is 4.18. The van der Waals surface area contributed by atoms with Crippen molar-refractivity contribution in [1.29, 1.82) is 0 Å². The lowest BCUT2D eigenvalue weighted by molar-refractivity contribution is 0.286. The lowest BCUT2D eigenvalue weighted by Gasteiger charge is -2.01. The zero-order valence-corrected chi connectivity index (χ0v) is 8.73. The van der Waals surface area contributed by atoms with E-state index in [-0.39, 0.29) is 6.61 Å².